The summed E-state index contributed by atoms with van der Waals surface area (Å²) < 4.78 is 11.3. The van der Waals surface area contributed by atoms with Gasteiger partial charge in [0.05, 0.1) is 23.5 Å². The average Bonchev–Trinajstić information content (AvgIpc) is 3.31. The Kier molecular flexibility index (Phi) is 6.55. The molecule has 0 bridgehead atoms. The number of hydrogen-bond donors (Lipinski definition) is 1. The molecule has 0 aliphatic carbocycles. The van der Waals surface area contributed by atoms with Gasteiger partial charge in [-0.05, 0) is 42.5 Å². The standard InChI is InChI=1S/C26H17Cl2N3O3S/c1-33-18-7-4-6-17(13-18)29-25-20(11-15-5-2-3-8-23(15)34-25)24(32)31-26-30-22(14-35-26)19-10-9-16(27)12-21(19)28/h2-14H,1H3,(H,30,31,32). The summed E-state index contributed by atoms with van der Waals surface area (Å²) in [6.07, 6.45) is 0. The quantitative estimate of drug-likeness (QED) is 0.262. The molecule has 0 radical (unpaired) electrons. The maximum atomic E-state index is 13.3. The highest BCUT2D eigenvalue weighted by molar-refractivity contribution is 7.14. The van der Waals surface area contributed by atoms with Gasteiger partial charge in [-0.2, -0.15) is 0 Å². The normalized spacial score (nSPS) is 11.6. The summed E-state index contributed by atoms with van der Waals surface area (Å²) in [5.41, 5.74) is 3.00. The Hall–Kier alpha value is -3.65. The topological polar surface area (TPSA) is 76.7 Å². The number of nitrogens with zero attached hydrogens (tertiary/aromatic N) is 2. The third kappa shape index (κ3) is 5.07. The molecule has 0 saturated heterocycles. The van der Waals surface area contributed by atoms with Crippen LogP contribution in [-0.4, -0.2) is 18.0 Å². The van der Waals surface area contributed by atoms with Crippen LogP contribution in [0, 0.1) is 0 Å². The summed E-state index contributed by atoms with van der Waals surface area (Å²) in [4.78, 5) is 22.4. The second-order valence-electron chi connectivity index (χ2n) is 7.43. The number of hydrogen-bond acceptors (Lipinski definition) is 6. The lowest BCUT2D eigenvalue weighted by molar-refractivity contribution is 0.102. The minimum atomic E-state index is -0.399. The lowest BCUT2D eigenvalue weighted by atomic mass is 10.1. The van der Waals surface area contributed by atoms with Gasteiger partial charge in [0.1, 0.15) is 16.9 Å². The van der Waals surface area contributed by atoms with E-state index in [2.05, 4.69) is 15.3 Å². The molecular formula is C26H17Cl2N3O3S. The first-order chi connectivity index (χ1) is 17.0. The monoisotopic (exact) mass is 521 g/mol. The van der Waals surface area contributed by atoms with Gasteiger partial charge in [0.2, 0.25) is 5.55 Å². The van der Waals surface area contributed by atoms with Gasteiger partial charge < -0.3 is 9.15 Å². The summed E-state index contributed by atoms with van der Waals surface area (Å²) >= 11 is 13.6. The number of carbonyl (C=O) groups is 1. The summed E-state index contributed by atoms with van der Waals surface area (Å²) in [6, 6.07) is 21.6. The first kappa shape index (κ1) is 23.1. The maximum Gasteiger partial charge on any atom is 0.262 e. The maximum absolute atomic E-state index is 13.3. The van der Waals surface area contributed by atoms with Crippen molar-refractivity contribution >= 4 is 62.2 Å². The predicted octanol–water partition coefficient (Wildman–Crippen LogP) is 7.36. The van der Waals surface area contributed by atoms with Gasteiger partial charge in [0, 0.05) is 27.4 Å². The van der Waals surface area contributed by atoms with Crippen molar-refractivity contribution in [2.75, 3.05) is 12.4 Å². The van der Waals surface area contributed by atoms with Gasteiger partial charge in [-0.25, -0.2) is 9.98 Å². The van der Waals surface area contributed by atoms with Crippen molar-refractivity contribution < 1.29 is 13.9 Å². The molecule has 5 aromatic rings. The highest BCUT2D eigenvalue weighted by Crippen LogP contribution is 2.32. The average molecular weight is 522 g/mol. The number of anilines is 1. The Morgan fingerprint density at radius 1 is 1.06 bits per heavy atom. The number of ether oxygens (including phenoxy) is 1. The van der Waals surface area contributed by atoms with Crippen molar-refractivity contribution in [3.63, 3.8) is 0 Å². The molecule has 9 heteroatoms. The van der Waals surface area contributed by atoms with Crippen molar-refractivity contribution in [1.82, 2.24) is 4.98 Å². The molecule has 1 N–H and O–H groups in total. The summed E-state index contributed by atoms with van der Waals surface area (Å²) in [7, 11) is 1.58. The van der Waals surface area contributed by atoms with Gasteiger partial charge in [-0.3, -0.25) is 10.1 Å². The molecule has 0 fully saturated rings. The van der Waals surface area contributed by atoms with Crippen LogP contribution in [0.25, 0.3) is 22.2 Å². The molecule has 0 atom stereocenters. The third-order valence-electron chi connectivity index (χ3n) is 5.12. The summed E-state index contributed by atoms with van der Waals surface area (Å²) in [6.45, 7) is 0. The SMILES string of the molecule is COc1cccc(N=c2oc3ccccc3cc2C(=O)Nc2nc(-c3ccc(Cl)cc3Cl)cs2)c1. The molecule has 0 aliphatic rings. The zero-order valence-corrected chi connectivity index (χ0v) is 20.6. The van der Waals surface area contributed by atoms with Crippen molar-refractivity contribution in [2.24, 2.45) is 4.99 Å². The van der Waals surface area contributed by atoms with E-state index >= 15 is 0 Å². The Morgan fingerprint density at radius 2 is 1.91 bits per heavy atom. The van der Waals surface area contributed by atoms with Crippen LogP contribution in [0.4, 0.5) is 10.8 Å². The number of para-hydroxylation sites is 1. The van der Waals surface area contributed by atoms with Crippen LogP contribution < -0.4 is 15.6 Å². The van der Waals surface area contributed by atoms with E-state index in [9.17, 15) is 4.79 Å². The van der Waals surface area contributed by atoms with Crippen LogP contribution in [0.3, 0.4) is 0 Å². The predicted molar refractivity (Wildman–Crippen MR) is 140 cm³/mol. The number of halogens is 2. The molecule has 1 amide bonds. The van der Waals surface area contributed by atoms with Crippen LogP contribution in [-0.2, 0) is 0 Å². The second-order valence-corrected chi connectivity index (χ2v) is 9.13. The smallest absolute Gasteiger partial charge is 0.262 e. The van der Waals surface area contributed by atoms with Crippen molar-refractivity contribution in [3.8, 4) is 17.0 Å². The van der Waals surface area contributed by atoms with Crippen molar-refractivity contribution in [3.05, 3.63) is 99.3 Å². The fraction of sp³-hybridized carbons (Fsp3) is 0.0385. The summed E-state index contributed by atoms with van der Waals surface area (Å²) in [5, 5.41) is 6.87. The van der Waals surface area contributed by atoms with E-state index in [0.717, 1.165) is 10.9 Å². The molecule has 174 valence electrons. The lowest BCUT2D eigenvalue weighted by Gasteiger charge is -2.06. The first-order valence-corrected chi connectivity index (χ1v) is 12.1. The van der Waals surface area contributed by atoms with Crippen molar-refractivity contribution in [2.45, 2.75) is 0 Å². The van der Waals surface area contributed by atoms with E-state index in [1.54, 1.807) is 43.5 Å². The van der Waals surface area contributed by atoms with E-state index in [-0.39, 0.29) is 11.1 Å². The zero-order valence-electron chi connectivity index (χ0n) is 18.3. The number of thiazole rings is 1. The number of methoxy groups -OCH3 is 1. The molecule has 0 aliphatic heterocycles. The molecule has 35 heavy (non-hydrogen) atoms. The largest absolute Gasteiger partial charge is 0.497 e. The van der Waals surface area contributed by atoms with E-state index < -0.39 is 5.91 Å². The molecular weight excluding hydrogens is 505 g/mol. The van der Waals surface area contributed by atoms with E-state index in [0.29, 0.717) is 37.9 Å². The zero-order chi connectivity index (χ0) is 24.4. The lowest BCUT2D eigenvalue weighted by Crippen LogP contribution is -2.21. The van der Waals surface area contributed by atoms with Gasteiger partial charge in [0.15, 0.2) is 5.13 Å². The van der Waals surface area contributed by atoms with Gasteiger partial charge in [0.25, 0.3) is 5.91 Å². The van der Waals surface area contributed by atoms with Crippen LogP contribution in [0.5, 0.6) is 5.75 Å². The fourth-order valence-corrected chi connectivity index (χ4v) is 4.64. The van der Waals surface area contributed by atoms with E-state index in [1.807, 2.05) is 41.8 Å². The molecule has 6 nitrogen and oxygen atoms in total. The number of nitrogens with one attached hydrogen (secondary N) is 1. The number of aromatic nitrogens is 1. The molecule has 0 spiro atoms. The minimum absolute atomic E-state index is 0.173. The van der Waals surface area contributed by atoms with Crippen molar-refractivity contribution in [1.29, 1.82) is 0 Å². The second kappa shape index (κ2) is 9.92. The summed E-state index contributed by atoms with van der Waals surface area (Å²) in [5.74, 6) is 0.249. The highest BCUT2D eigenvalue weighted by atomic mass is 35.5. The van der Waals surface area contributed by atoms with Crippen LogP contribution >= 0.6 is 34.5 Å². The number of benzene rings is 3. The Bertz CT molecular complexity index is 1630. The van der Waals surface area contributed by atoms with Crippen LogP contribution in [0.15, 0.2) is 87.6 Å². The van der Waals surface area contributed by atoms with Gasteiger partial charge >= 0.3 is 0 Å². The number of carbonyl (C=O) groups excluding carboxylic acids is 1. The molecule has 0 saturated carbocycles. The van der Waals surface area contributed by atoms with E-state index in [1.165, 1.54) is 11.3 Å². The number of rotatable bonds is 5. The number of fused-ring (bicyclic) bond motifs is 1. The van der Waals surface area contributed by atoms with Crippen LogP contribution in [0.2, 0.25) is 10.0 Å². The third-order valence-corrected chi connectivity index (χ3v) is 6.42. The number of amides is 1. The molecule has 3 aromatic carbocycles. The molecule has 2 aromatic heterocycles. The fourth-order valence-electron chi connectivity index (χ4n) is 3.43. The van der Waals surface area contributed by atoms with Crippen LogP contribution in [0.1, 0.15) is 10.4 Å². The van der Waals surface area contributed by atoms with Gasteiger partial charge in [-0.1, -0.05) is 47.5 Å². The Labute approximate surface area is 214 Å². The molecule has 5 rings (SSSR count). The van der Waals surface area contributed by atoms with Gasteiger partial charge in [-0.15, -0.1) is 11.3 Å². The Morgan fingerprint density at radius 3 is 2.74 bits per heavy atom. The minimum Gasteiger partial charge on any atom is -0.497 e. The molecule has 2 heterocycles. The molecule has 0 unspecified atom stereocenters. The Balaban J connectivity index is 1.52. The first-order valence-electron chi connectivity index (χ1n) is 10.4. The highest BCUT2D eigenvalue weighted by Gasteiger charge is 2.16. The van der Waals surface area contributed by atoms with E-state index in [4.69, 9.17) is 32.4 Å².